The van der Waals surface area contributed by atoms with E-state index >= 15 is 0 Å². The third kappa shape index (κ3) is 8.02. The Hall–Kier alpha value is -4.48. The molecule has 8 N–H and O–H groups in total. The number of H-pyrrole nitrogens is 1. The molecule has 11 nitrogen and oxygen atoms in total. The molecule has 1 saturated heterocycles. The summed E-state index contributed by atoms with van der Waals surface area (Å²) in [4.78, 5) is 21.7. The van der Waals surface area contributed by atoms with Crippen LogP contribution in [0.4, 0.5) is 5.69 Å². The van der Waals surface area contributed by atoms with Crippen LogP contribution in [-0.2, 0) is 9.47 Å². The fourth-order valence-electron chi connectivity index (χ4n) is 3.74. The number of methoxy groups -OCH3 is 1. The summed E-state index contributed by atoms with van der Waals surface area (Å²) in [5.41, 5.74) is 19.3. The van der Waals surface area contributed by atoms with Gasteiger partial charge < -0.3 is 41.7 Å². The second-order valence-corrected chi connectivity index (χ2v) is 8.39. The second kappa shape index (κ2) is 13.7. The van der Waals surface area contributed by atoms with Crippen LogP contribution in [0.3, 0.4) is 0 Å². The van der Waals surface area contributed by atoms with Gasteiger partial charge in [-0.3, -0.25) is 9.69 Å². The topological polar surface area (TPSA) is 166 Å². The van der Waals surface area contributed by atoms with Gasteiger partial charge in [0.05, 0.1) is 31.5 Å². The number of hydrogen-bond donors (Lipinski definition) is 5. The van der Waals surface area contributed by atoms with Crippen LogP contribution in [0, 0.1) is 0 Å². The number of anilines is 1. The van der Waals surface area contributed by atoms with Gasteiger partial charge in [0.15, 0.2) is 5.96 Å². The molecule has 0 bridgehead atoms. The normalized spacial score (nSPS) is 14.4. The molecule has 0 radical (unpaired) electrons. The molecule has 0 spiro atoms. The van der Waals surface area contributed by atoms with E-state index in [4.69, 9.17) is 31.4 Å². The molecule has 202 valence electrons. The Balaban J connectivity index is 1.78. The van der Waals surface area contributed by atoms with Crippen molar-refractivity contribution in [2.24, 2.45) is 22.2 Å². The van der Waals surface area contributed by atoms with Gasteiger partial charge in [-0.05, 0) is 29.8 Å². The van der Waals surface area contributed by atoms with Crippen molar-refractivity contribution in [2.45, 2.75) is 0 Å². The Labute approximate surface area is 222 Å². The molecule has 0 atom stereocenters. The molecule has 2 heterocycles. The van der Waals surface area contributed by atoms with Crippen LogP contribution >= 0.6 is 0 Å². The summed E-state index contributed by atoms with van der Waals surface area (Å²) < 4.78 is 16.5. The monoisotopic (exact) mass is 521 g/mol. The molecule has 3 rings (SSSR count). The lowest BCUT2D eigenvalue weighted by molar-refractivity contribution is 0.0322. The highest BCUT2D eigenvalue weighted by Gasteiger charge is 2.14. The summed E-state index contributed by atoms with van der Waals surface area (Å²) in [7, 11) is 1.45. The summed E-state index contributed by atoms with van der Waals surface area (Å²) >= 11 is 0. The van der Waals surface area contributed by atoms with Gasteiger partial charge in [-0.15, -0.1) is 0 Å². The standard InChI is InChI=1S/C27H35N7O4/c1-18(33-21-5-4-6-22(16-21)38-14-11-34-9-12-37-13-10-34)25-20(7-8-31-26(25)35)15-24(28)23(19(2)36-3)17-32-27(29)30/h4-8,15-17,33H,1-2,9-14,28H2,3H3,(H,31,35)(H4,29,30,32)/b23-17+,24-15-. The van der Waals surface area contributed by atoms with E-state index in [2.05, 4.69) is 33.4 Å². The van der Waals surface area contributed by atoms with Gasteiger partial charge in [-0.2, -0.15) is 0 Å². The van der Waals surface area contributed by atoms with Crippen molar-refractivity contribution in [3.8, 4) is 5.75 Å². The predicted octanol–water partition coefficient (Wildman–Crippen LogP) is 1.79. The van der Waals surface area contributed by atoms with E-state index in [9.17, 15) is 4.79 Å². The number of nitrogens with one attached hydrogen (secondary N) is 2. The van der Waals surface area contributed by atoms with Gasteiger partial charge in [0, 0.05) is 55.2 Å². The quantitative estimate of drug-likeness (QED) is 0.121. The first-order chi connectivity index (χ1) is 18.3. The highest BCUT2D eigenvalue weighted by molar-refractivity contribution is 5.81. The van der Waals surface area contributed by atoms with Crippen LogP contribution in [0.5, 0.6) is 5.75 Å². The van der Waals surface area contributed by atoms with Crippen molar-refractivity contribution >= 4 is 23.4 Å². The van der Waals surface area contributed by atoms with Crippen LogP contribution in [0.25, 0.3) is 11.8 Å². The number of nitrogens with zero attached hydrogens (tertiary/aromatic N) is 2. The Morgan fingerprint density at radius 3 is 2.71 bits per heavy atom. The highest BCUT2D eigenvalue weighted by Crippen LogP contribution is 2.24. The van der Waals surface area contributed by atoms with E-state index in [1.165, 1.54) is 19.5 Å². The van der Waals surface area contributed by atoms with Crippen molar-refractivity contribution in [1.82, 2.24) is 9.88 Å². The van der Waals surface area contributed by atoms with Gasteiger partial charge in [0.2, 0.25) is 0 Å². The number of guanidine groups is 1. The van der Waals surface area contributed by atoms with Crippen molar-refractivity contribution in [3.05, 3.63) is 94.4 Å². The molecular formula is C27H35N7O4. The molecule has 1 fully saturated rings. The van der Waals surface area contributed by atoms with E-state index in [-0.39, 0.29) is 23.0 Å². The van der Waals surface area contributed by atoms with E-state index in [1.54, 1.807) is 12.1 Å². The first kappa shape index (κ1) is 28.1. The number of nitrogens with two attached hydrogens (primary N) is 3. The lowest BCUT2D eigenvalue weighted by atomic mass is 10.0. The molecule has 1 aliphatic rings. The molecular weight excluding hydrogens is 486 g/mol. The smallest absolute Gasteiger partial charge is 0.257 e. The lowest BCUT2D eigenvalue weighted by Crippen LogP contribution is -2.38. The molecule has 38 heavy (non-hydrogen) atoms. The maximum Gasteiger partial charge on any atom is 0.257 e. The number of rotatable bonds is 12. The molecule has 0 unspecified atom stereocenters. The Morgan fingerprint density at radius 2 is 2.00 bits per heavy atom. The van der Waals surface area contributed by atoms with Gasteiger partial charge in [-0.25, -0.2) is 4.99 Å². The Morgan fingerprint density at radius 1 is 1.24 bits per heavy atom. The van der Waals surface area contributed by atoms with Crippen molar-refractivity contribution in [1.29, 1.82) is 0 Å². The minimum atomic E-state index is -0.345. The van der Waals surface area contributed by atoms with Gasteiger partial charge in [0.1, 0.15) is 18.1 Å². The predicted molar refractivity (Wildman–Crippen MR) is 151 cm³/mol. The lowest BCUT2D eigenvalue weighted by Gasteiger charge is -2.26. The molecule has 1 aromatic heterocycles. The maximum atomic E-state index is 12.8. The average molecular weight is 522 g/mol. The molecule has 0 aliphatic carbocycles. The van der Waals surface area contributed by atoms with Crippen molar-refractivity contribution < 1.29 is 14.2 Å². The number of pyridine rings is 1. The fraction of sp³-hybridized carbons (Fsp3) is 0.259. The zero-order valence-corrected chi connectivity index (χ0v) is 21.5. The summed E-state index contributed by atoms with van der Waals surface area (Å²) in [6.45, 7) is 12.6. The number of morpholine rings is 1. The van der Waals surface area contributed by atoms with Crippen LogP contribution in [-0.4, -0.2) is 62.4 Å². The first-order valence-corrected chi connectivity index (χ1v) is 12.0. The summed E-state index contributed by atoms with van der Waals surface area (Å²) in [6.07, 6.45) is 4.46. The minimum Gasteiger partial charge on any atom is -0.497 e. The summed E-state index contributed by atoms with van der Waals surface area (Å²) in [5.74, 6) is 0.799. The summed E-state index contributed by atoms with van der Waals surface area (Å²) in [5, 5.41) is 3.19. The molecule has 2 aromatic rings. The van der Waals surface area contributed by atoms with Crippen molar-refractivity contribution in [3.63, 3.8) is 0 Å². The number of aliphatic imine (C=N–C) groups is 1. The highest BCUT2D eigenvalue weighted by atomic mass is 16.5. The van der Waals surface area contributed by atoms with Crippen LogP contribution in [0.1, 0.15) is 11.1 Å². The largest absolute Gasteiger partial charge is 0.497 e. The third-order valence-electron chi connectivity index (χ3n) is 5.72. The number of benzene rings is 1. The number of ether oxygens (including phenoxy) is 3. The van der Waals surface area contributed by atoms with Crippen LogP contribution in [0.15, 0.2) is 82.7 Å². The summed E-state index contributed by atoms with van der Waals surface area (Å²) in [6, 6.07) is 9.16. The van der Waals surface area contributed by atoms with Gasteiger partial charge in [-0.1, -0.05) is 19.2 Å². The van der Waals surface area contributed by atoms with Gasteiger partial charge in [0.25, 0.3) is 5.56 Å². The fourth-order valence-corrected chi connectivity index (χ4v) is 3.74. The first-order valence-electron chi connectivity index (χ1n) is 12.0. The second-order valence-electron chi connectivity index (χ2n) is 8.39. The SMILES string of the molecule is C=C(OC)C(=C\N=C(N)N)/C(N)=C/c1cc[nH]c(=O)c1C(=C)Nc1cccc(OCCN2CCOCC2)c1. The Bertz CT molecular complexity index is 1290. The van der Waals surface area contributed by atoms with E-state index in [0.717, 1.165) is 32.8 Å². The van der Waals surface area contributed by atoms with Crippen LogP contribution in [0.2, 0.25) is 0 Å². The molecule has 11 heteroatoms. The molecule has 1 aliphatic heterocycles. The van der Waals surface area contributed by atoms with Crippen LogP contribution < -0.4 is 32.8 Å². The van der Waals surface area contributed by atoms with Crippen molar-refractivity contribution in [2.75, 3.05) is 51.9 Å². The molecule has 0 amide bonds. The third-order valence-corrected chi connectivity index (χ3v) is 5.72. The van der Waals surface area contributed by atoms with E-state index in [0.29, 0.717) is 40.4 Å². The number of aromatic amines is 1. The Kier molecular flexibility index (Phi) is 10.1. The molecule has 1 aromatic carbocycles. The maximum absolute atomic E-state index is 12.8. The molecule has 0 saturated carbocycles. The zero-order chi connectivity index (χ0) is 27.5. The number of aromatic nitrogens is 1. The van der Waals surface area contributed by atoms with E-state index in [1.807, 2.05) is 24.3 Å². The number of hydrogen-bond acceptors (Lipinski definition) is 8. The van der Waals surface area contributed by atoms with Gasteiger partial charge >= 0.3 is 0 Å². The minimum absolute atomic E-state index is 0.152. The van der Waals surface area contributed by atoms with E-state index < -0.39 is 0 Å². The average Bonchev–Trinajstić information content (AvgIpc) is 2.89. The zero-order valence-electron chi connectivity index (χ0n) is 21.5.